The zero-order chi connectivity index (χ0) is 11.4. The van der Waals surface area contributed by atoms with Crippen LogP contribution in [-0.4, -0.2) is 30.6 Å². The second-order valence-electron chi connectivity index (χ2n) is 4.45. The fourth-order valence-electron chi connectivity index (χ4n) is 2.16. The fraction of sp³-hybridized carbons (Fsp3) is 0.667. The van der Waals surface area contributed by atoms with Crippen LogP contribution in [0.2, 0.25) is 0 Å². The summed E-state index contributed by atoms with van der Waals surface area (Å²) in [7, 11) is 0. The Bertz CT molecular complexity index is 321. The number of likely N-dealkylation sites (tertiary alicyclic amines) is 1. The third kappa shape index (κ3) is 3.55. The van der Waals surface area contributed by atoms with Gasteiger partial charge < -0.3 is 5.32 Å². The van der Waals surface area contributed by atoms with Crippen LogP contribution in [0, 0.1) is 0 Å². The topological polar surface area (TPSA) is 15.3 Å². The highest BCUT2D eigenvalue weighted by Crippen LogP contribution is 2.19. The van der Waals surface area contributed by atoms with E-state index in [4.69, 9.17) is 0 Å². The third-order valence-corrected chi connectivity index (χ3v) is 4.82. The summed E-state index contributed by atoms with van der Waals surface area (Å²) in [5.74, 6) is 0. The minimum absolute atomic E-state index is 0.672. The molecule has 1 unspecified atom stereocenters. The number of nitrogens with one attached hydrogen (secondary N) is 1. The van der Waals surface area contributed by atoms with Crippen LogP contribution in [0.25, 0.3) is 0 Å². The molecule has 2 heterocycles. The fourth-order valence-corrected chi connectivity index (χ4v) is 3.58. The molecule has 90 valence electrons. The van der Waals surface area contributed by atoms with Gasteiger partial charge in [-0.05, 0) is 54.9 Å². The van der Waals surface area contributed by atoms with E-state index in [1.165, 1.54) is 35.3 Å². The van der Waals surface area contributed by atoms with Crippen LogP contribution in [0.4, 0.5) is 0 Å². The molecule has 1 aliphatic rings. The van der Waals surface area contributed by atoms with Crippen LogP contribution in [0.5, 0.6) is 0 Å². The first-order chi connectivity index (χ1) is 7.75. The molecular weight excluding hydrogens is 284 g/mol. The van der Waals surface area contributed by atoms with Crippen molar-refractivity contribution in [1.82, 2.24) is 10.2 Å². The average Bonchev–Trinajstić information content (AvgIpc) is 2.89. The van der Waals surface area contributed by atoms with E-state index < -0.39 is 0 Å². The molecule has 0 bridgehead atoms. The second kappa shape index (κ2) is 6.15. The van der Waals surface area contributed by atoms with Crippen LogP contribution >= 0.6 is 27.3 Å². The van der Waals surface area contributed by atoms with Crippen LogP contribution in [-0.2, 0) is 6.54 Å². The quantitative estimate of drug-likeness (QED) is 0.899. The van der Waals surface area contributed by atoms with Crippen molar-refractivity contribution in [2.24, 2.45) is 0 Å². The maximum atomic E-state index is 3.54. The molecule has 0 spiro atoms. The average molecular weight is 303 g/mol. The Balaban J connectivity index is 1.67. The van der Waals surface area contributed by atoms with Crippen LogP contribution in [0.1, 0.15) is 24.6 Å². The van der Waals surface area contributed by atoms with Gasteiger partial charge in [-0.25, -0.2) is 0 Å². The molecule has 2 nitrogen and oxygen atoms in total. The number of nitrogens with zero attached hydrogens (tertiary/aromatic N) is 1. The van der Waals surface area contributed by atoms with Crippen molar-refractivity contribution >= 4 is 27.3 Å². The molecule has 0 aromatic carbocycles. The number of hydrogen-bond donors (Lipinski definition) is 1. The molecule has 0 amide bonds. The molecule has 0 radical (unpaired) electrons. The lowest BCUT2D eigenvalue weighted by Crippen LogP contribution is -2.38. The van der Waals surface area contributed by atoms with Crippen molar-refractivity contribution in [3.63, 3.8) is 0 Å². The molecule has 1 fully saturated rings. The van der Waals surface area contributed by atoms with Crippen molar-refractivity contribution in [2.45, 2.75) is 32.4 Å². The Morgan fingerprint density at radius 1 is 1.50 bits per heavy atom. The Hall–Kier alpha value is 0.1000. The predicted octanol–water partition coefficient (Wildman–Crippen LogP) is 3.08. The van der Waals surface area contributed by atoms with Crippen molar-refractivity contribution < 1.29 is 0 Å². The number of thiophene rings is 1. The summed E-state index contributed by atoms with van der Waals surface area (Å²) >= 11 is 5.29. The van der Waals surface area contributed by atoms with E-state index in [0.717, 1.165) is 13.1 Å². The highest BCUT2D eigenvalue weighted by Gasteiger charge is 2.17. The van der Waals surface area contributed by atoms with E-state index in [-0.39, 0.29) is 0 Å². The molecule has 4 heteroatoms. The summed E-state index contributed by atoms with van der Waals surface area (Å²) in [6.07, 6.45) is 2.75. The Morgan fingerprint density at radius 2 is 2.25 bits per heavy atom. The zero-order valence-corrected chi connectivity index (χ0v) is 12.1. The van der Waals surface area contributed by atoms with Gasteiger partial charge in [0.05, 0.1) is 0 Å². The molecule has 1 aliphatic heterocycles. The van der Waals surface area contributed by atoms with E-state index >= 15 is 0 Å². The summed E-state index contributed by atoms with van der Waals surface area (Å²) in [6.45, 7) is 6.98. The van der Waals surface area contributed by atoms with Crippen LogP contribution < -0.4 is 5.32 Å². The van der Waals surface area contributed by atoms with Gasteiger partial charge >= 0.3 is 0 Å². The first kappa shape index (κ1) is 12.6. The Morgan fingerprint density at radius 3 is 2.88 bits per heavy atom. The lowest BCUT2D eigenvalue weighted by Gasteiger charge is -2.23. The second-order valence-corrected chi connectivity index (χ2v) is 6.37. The van der Waals surface area contributed by atoms with Crippen molar-refractivity contribution in [2.75, 3.05) is 19.6 Å². The van der Waals surface area contributed by atoms with E-state index in [1.54, 1.807) is 0 Å². The minimum Gasteiger partial charge on any atom is -0.310 e. The number of halogens is 1. The van der Waals surface area contributed by atoms with Gasteiger partial charge in [0, 0.05) is 33.9 Å². The predicted molar refractivity (Wildman–Crippen MR) is 74.0 cm³/mol. The van der Waals surface area contributed by atoms with Gasteiger partial charge in [-0.1, -0.05) is 0 Å². The van der Waals surface area contributed by atoms with Crippen LogP contribution in [0.3, 0.4) is 0 Å². The summed E-state index contributed by atoms with van der Waals surface area (Å²) in [4.78, 5) is 3.98. The van der Waals surface area contributed by atoms with Gasteiger partial charge in [-0.2, -0.15) is 0 Å². The molecule has 2 rings (SSSR count). The Labute approximate surface area is 110 Å². The summed E-state index contributed by atoms with van der Waals surface area (Å²) in [6, 6.07) is 2.86. The van der Waals surface area contributed by atoms with E-state index in [9.17, 15) is 0 Å². The van der Waals surface area contributed by atoms with E-state index in [1.807, 2.05) is 11.3 Å². The molecular formula is C12H19BrN2S. The van der Waals surface area contributed by atoms with Crippen molar-refractivity contribution in [1.29, 1.82) is 0 Å². The van der Waals surface area contributed by atoms with Gasteiger partial charge in [-0.3, -0.25) is 4.90 Å². The lowest BCUT2D eigenvalue weighted by molar-refractivity contribution is 0.252. The maximum absolute atomic E-state index is 3.54. The molecule has 0 aliphatic carbocycles. The van der Waals surface area contributed by atoms with Gasteiger partial charge in [-0.15, -0.1) is 11.3 Å². The molecule has 1 atom stereocenters. The smallest absolute Gasteiger partial charge is 0.0300 e. The van der Waals surface area contributed by atoms with Gasteiger partial charge in [0.15, 0.2) is 0 Å². The van der Waals surface area contributed by atoms with E-state index in [2.05, 4.69) is 44.5 Å². The van der Waals surface area contributed by atoms with Gasteiger partial charge in [0.25, 0.3) is 0 Å². The van der Waals surface area contributed by atoms with Crippen molar-refractivity contribution in [3.05, 3.63) is 20.8 Å². The molecule has 1 N–H and O–H groups in total. The highest BCUT2D eigenvalue weighted by atomic mass is 79.9. The first-order valence-electron chi connectivity index (χ1n) is 5.93. The number of hydrogen-bond acceptors (Lipinski definition) is 3. The van der Waals surface area contributed by atoms with Crippen LogP contribution in [0.15, 0.2) is 15.9 Å². The summed E-state index contributed by atoms with van der Waals surface area (Å²) < 4.78 is 1.20. The SMILES string of the molecule is CC(CNCc1cc(Br)cs1)N1CCCC1. The molecule has 1 aromatic heterocycles. The summed E-state index contributed by atoms with van der Waals surface area (Å²) in [5.41, 5.74) is 0. The minimum atomic E-state index is 0.672. The molecule has 1 aromatic rings. The lowest BCUT2D eigenvalue weighted by atomic mass is 10.3. The third-order valence-electron chi connectivity index (χ3n) is 3.12. The van der Waals surface area contributed by atoms with Gasteiger partial charge in [0.1, 0.15) is 0 Å². The largest absolute Gasteiger partial charge is 0.310 e. The summed E-state index contributed by atoms with van der Waals surface area (Å²) in [5, 5.41) is 5.68. The first-order valence-corrected chi connectivity index (χ1v) is 7.60. The van der Waals surface area contributed by atoms with Gasteiger partial charge in [0.2, 0.25) is 0 Å². The molecule has 16 heavy (non-hydrogen) atoms. The standard InChI is InChI=1S/C12H19BrN2S/c1-10(15-4-2-3-5-15)7-14-8-12-6-11(13)9-16-12/h6,9-10,14H,2-5,7-8H2,1H3. The Kier molecular flexibility index (Phi) is 4.82. The molecule has 1 saturated heterocycles. The molecule has 0 saturated carbocycles. The highest BCUT2D eigenvalue weighted by molar-refractivity contribution is 9.10. The van der Waals surface area contributed by atoms with E-state index in [0.29, 0.717) is 6.04 Å². The number of rotatable bonds is 5. The monoisotopic (exact) mass is 302 g/mol. The zero-order valence-electron chi connectivity index (χ0n) is 9.71. The normalized spacial score (nSPS) is 19.1. The van der Waals surface area contributed by atoms with Crippen molar-refractivity contribution in [3.8, 4) is 0 Å². The maximum Gasteiger partial charge on any atom is 0.0300 e.